The van der Waals surface area contributed by atoms with Crippen molar-refractivity contribution in [2.24, 2.45) is 0 Å². The van der Waals surface area contributed by atoms with Crippen molar-refractivity contribution in [2.75, 3.05) is 26.0 Å². The molecule has 35 heavy (non-hydrogen) atoms. The van der Waals surface area contributed by atoms with Crippen molar-refractivity contribution in [3.05, 3.63) is 75.4 Å². The largest absolute Gasteiger partial charge is 0.416 e. The van der Waals surface area contributed by atoms with Crippen LogP contribution in [0.3, 0.4) is 0 Å². The Morgan fingerprint density at radius 2 is 1.54 bits per heavy atom. The molecule has 0 aliphatic rings. The third-order valence-electron chi connectivity index (χ3n) is 5.03. The Balaban J connectivity index is 1.96. The van der Waals surface area contributed by atoms with Crippen LogP contribution in [0.1, 0.15) is 32.7 Å². The van der Waals surface area contributed by atoms with E-state index in [0.29, 0.717) is 22.7 Å². The second-order valence-electron chi connectivity index (χ2n) is 7.98. The lowest BCUT2D eigenvalue weighted by Gasteiger charge is -2.20. The molecule has 3 rings (SSSR count). The molecular formula is C22H20ClF6N5O. The minimum absolute atomic E-state index is 0.0519. The van der Waals surface area contributed by atoms with Crippen LogP contribution in [0, 0.1) is 0 Å². The number of benzene rings is 2. The number of alkyl halides is 6. The zero-order chi connectivity index (χ0) is 26.1. The van der Waals surface area contributed by atoms with Crippen molar-refractivity contribution < 1.29 is 31.1 Å². The average molecular weight is 520 g/mol. The van der Waals surface area contributed by atoms with Crippen molar-refractivity contribution in [2.45, 2.75) is 25.4 Å². The minimum atomic E-state index is -4.98. The van der Waals surface area contributed by atoms with Crippen LogP contribution < -0.4 is 4.90 Å². The molecule has 0 fully saturated rings. The van der Waals surface area contributed by atoms with E-state index in [2.05, 4.69) is 10.3 Å². The van der Waals surface area contributed by atoms with Crippen LogP contribution in [-0.4, -0.2) is 46.9 Å². The van der Waals surface area contributed by atoms with E-state index in [1.807, 2.05) is 0 Å². The number of hydrogen-bond donors (Lipinski definition) is 0. The summed E-state index contributed by atoms with van der Waals surface area (Å²) >= 11 is 6.15. The van der Waals surface area contributed by atoms with Crippen LogP contribution in [0.5, 0.6) is 0 Å². The molecule has 1 aromatic heterocycles. The zero-order valence-electron chi connectivity index (χ0n) is 18.7. The van der Waals surface area contributed by atoms with Gasteiger partial charge >= 0.3 is 12.4 Å². The first-order valence-electron chi connectivity index (χ1n) is 10.1. The number of amides is 1. The molecule has 2 aromatic carbocycles. The minimum Gasteiger partial charge on any atom is -0.361 e. The van der Waals surface area contributed by atoms with Gasteiger partial charge in [0.15, 0.2) is 11.5 Å². The first kappa shape index (κ1) is 26.3. The summed E-state index contributed by atoms with van der Waals surface area (Å²) in [5, 5.41) is 8.15. The van der Waals surface area contributed by atoms with Gasteiger partial charge in [0.2, 0.25) is 0 Å². The Kier molecular flexibility index (Phi) is 7.34. The highest BCUT2D eigenvalue weighted by Gasteiger charge is 2.37. The summed E-state index contributed by atoms with van der Waals surface area (Å²) in [6.45, 7) is -0.337. The summed E-state index contributed by atoms with van der Waals surface area (Å²) in [4.78, 5) is 15.8. The van der Waals surface area contributed by atoms with Crippen molar-refractivity contribution in [1.82, 2.24) is 19.9 Å². The summed E-state index contributed by atoms with van der Waals surface area (Å²) in [5.74, 6) is -0.438. The van der Waals surface area contributed by atoms with E-state index in [4.69, 9.17) is 11.6 Å². The summed E-state index contributed by atoms with van der Waals surface area (Å²) < 4.78 is 80.4. The van der Waals surface area contributed by atoms with Crippen LogP contribution in [0.2, 0.25) is 5.02 Å². The summed E-state index contributed by atoms with van der Waals surface area (Å²) in [5.41, 5.74) is -2.63. The maximum absolute atomic E-state index is 13.2. The lowest BCUT2D eigenvalue weighted by molar-refractivity contribution is -0.143. The standard InChI is InChI=1S/C22H20ClF6N5O/c1-32(2)19-18(20(35)33(3)12-14-6-4-5-7-17(14)23)30-31-34(19)11-13-8-15(21(24,25)26)10-16(9-13)22(27,28)29/h4-10H,11-12H2,1-3H3. The number of anilines is 1. The monoisotopic (exact) mass is 519 g/mol. The SMILES string of the molecule is CN(Cc1ccccc1Cl)C(=O)c1nnn(Cc2cc(C(F)(F)F)cc(C(F)(F)F)c2)c1N(C)C. The normalized spacial score (nSPS) is 12.1. The highest BCUT2D eigenvalue weighted by molar-refractivity contribution is 6.31. The van der Waals surface area contributed by atoms with E-state index in [1.165, 1.54) is 16.8 Å². The van der Waals surface area contributed by atoms with Gasteiger partial charge in [0.25, 0.3) is 5.91 Å². The molecule has 1 amide bonds. The Morgan fingerprint density at radius 1 is 0.971 bits per heavy atom. The molecule has 0 atom stereocenters. The second kappa shape index (κ2) is 9.76. The lowest BCUT2D eigenvalue weighted by Crippen LogP contribution is -2.29. The third-order valence-corrected chi connectivity index (χ3v) is 5.40. The van der Waals surface area contributed by atoms with Gasteiger partial charge in [-0.05, 0) is 35.4 Å². The Morgan fingerprint density at radius 3 is 2.06 bits per heavy atom. The molecule has 0 saturated heterocycles. The molecule has 0 spiro atoms. The van der Waals surface area contributed by atoms with Gasteiger partial charge in [-0.1, -0.05) is 35.0 Å². The number of nitrogens with zero attached hydrogens (tertiary/aromatic N) is 5. The van der Waals surface area contributed by atoms with E-state index in [9.17, 15) is 31.1 Å². The molecule has 13 heteroatoms. The van der Waals surface area contributed by atoms with Crippen molar-refractivity contribution in [3.63, 3.8) is 0 Å². The molecule has 3 aromatic rings. The molecule has 6 nitrogen and oxygen atoms in total. The maximum atomic E-state index is 13.2. The molecular weight excluding hydrogens is 500 g/mol. The Labute approximate surface area is 201 Å². The molecule has 0 radical (unpaired) electrons. The van der Waals surface area contributed by atoms with Gasteiger partial charge in [-0.25, -0.2) is 4.68 Å². The van der Waals surface area contributed by atoms with Crippen molar-refractivity contribution in [1.29, 1.82) is 0 Å². The van der Waals surface area contributed by atoms with Gasteiger partial charge < -0.3 is 9.80 Å². The Hall–Kier alpha value is -3.28. The summed E-state index contributed by atoms with van der Waals surface area (Å²) in [6.07, 6.45) is -9.96. The number of hydrogen-bond acceptors (Lipinski definition) is 4. The first-order valence-corrected chi connectivity index (χ1v) is 10.4. The van der Waals surface area contributed by atoms with E-state index < -0.39 is 35.9 Å². The fourth-order valence-corrected chi connectivity index (χ4v) is 3.61. The van der Waals surface area contributed by atoms with Gasteiger partial charge in [0.05, 0.1) is 17.7 Å². The predicted octanol–water partition coefficient (Wildman–Crippen LogP) is 5.36. The molecule has 0 aliphatic heterocycles. The number of carbonyl (C=O) groups excluding carboxylic acids is 1. The van der Waals surface area contributed by atoms with Crippen LogP contribution >= 0.6 is 11.6 Å². The fraction of sp³-hybridized carbons (Fsp3) is 0.318. The highest BCUT2D eigenvalue weighted by atomic mass is 35.5. The average Bonchev–Trinajstić information content (AvgIpc) is 3.17. The van der Waals surface area contributed by atoms with E-state index in [-0.39, 0.29) is 29.7 Å². The zero-order valence-corrected chi connectivity index (χ0v) is 19.5. The van der Waals surface area contributed by atoms with Gasteiger partial charge in [-0.15, -0.1) is 5.10 Å². The molecule has 1 heterocycles. The molecule has 0 unspecified atom stereocenters. The number of halogens is 7. The van der Waals surface area contributed by atoms with Crippen molar-refractivity contribution >= 4 is 23.3 Å². The second-order valence-corrected chi connectivity index (χ2v) is 8.39. The van der Waals surface area contributed by atoms with Crippen molar-refractivity contribution in [3.8, 4) is 0 Å². The van der Waals surface area contributed by atoms with Crippen LogP contribution in [0.15, 0.2) is 42.5 Å². The van der Waals surface area contributed by atoms with Gasteiger partial charge in [0.1, 0.15) is 0 Å². The smallest absolute Gasteiger partial charge is 0.361 e. The van der Waals surface area contributed by atoms with E-state index in [0.717, 1.165) is 4.68 Å². The first-order chi connectivity index (χ1) is 16.2. The summed E-state index contributed by atoms with van der Waals surface area (Å²) in [6, 6.07) is 8.18. The number of rotatable bonds is 6. The van der Waals surface area contributed by atoms with E-state index in [1.54, 1.807) is 38.4 Å². The molecule has 0 aliphatic carbocycles. The third kappa shape index (κ3) is 6.05. The highest BCUT2D eigenvalue weighted by Crippen LogP contribution is 2.36. The number of aromatic nitrogens is 3. The van der Waals surface area contributed by atoms with Gasteiger partial charge in [0, 0.05) is 32.7 Å². The van der Waals surface area contributed by atoms with Crippen LogP contribution in [0.25, 0.3) is 0 Å². The predicted molar refractivity (Wildman–Crippen MR) is 117 cm³/mol. The topological polar surface area (TPSA) is 54.3 Å². The van der Waals surface area contributed by atoms with Gasteiger partial charge in [-0.3, -0.25) is 4.79 Å². The maximum Gasteiger partial charge on any atom is 0.416 e. The van der Waals surface area contributed by atoms with Crippen LogP contribution in [0.4, 0.5) is 32.2 Å². The van der Waals surface area contributed by atoms with Crippen LogP contribution in [-0.2, 0) is 25.4 Å². The quantitative estimate of drug-likeness (QED) is 0.412. The molecule has 0 N–H and O–H groups in total. The molecule has 188 valence electrons. The van der Waals surface area contributed by atoms with Gasteiger partial charge in [-0.2, -0.15) is 26.3 Å². The molecule has 0 bridgehead atoms. The lowest BCUT2D eigenvalue weighted by atomic mass is 10.0. The fourth-order valence-electron chi connectivity index (χ4n) is 3.41. The summed E-state index contributed by atoms with van der Waals surface area (Å²) in [7, 11) is 4.60. The Bertz CT molecular complexity index is 1190. The molecule has 0 saturated carbocycles. The van der Waals surface area contributed by atoms with E-state index >= 15 is 0 Å². The number of carbonyl (C=O) groups is 1.